The minimum atomic E-state index is -0.618. The predicted octanol–water partition coefficient (Wildman–Crippen LogP) is 4.67. The zero-order valence-corrected chi connectivity index (χ0v) is 19.0. The van der Waals surface area contributed by atoms with Crippen LogP contribution in [-0.2, 0) is 16.1 Å². The van der Waals surface area contributed by atoms with E-state index in [-0.39, 0.29) is 18.4 Å². The molecule has 162 valence electrons. The van der Waals surface area contributed by atoms with Gasteiger partial charge in [-0.1, -0.05) is 43.1 Å². The van der Waals surface area contributed by atoms with Crippen molar-refractivity contribution < 1.29 is 14.3 Å². The number of aryl methyl sites for hydroxylation is 2. The highest BCUT2D eigenvalue weighted by Gasteiger charge is 2.26. The van der Waals surface area contributed by atoms with Gasteiger partial charge in [-0.15, -0.1) is 0 Å². The average Bonchev–Trinajstić information content (AvgIpc) is 2.70. The van der Waals surface area contributed by atoms with E-state index in [2.05, 4.69) is 12.2 Å². The second-order valence-electron chi connectivity index (χ2n) is 7.58. The van der Waals surface area contributed by atoms with E-state index in [1.165, 1.54) is 0 Å². The fourth-order valence-electron chi connectivity index (χ4n) is 3.15. The molecule has 2 aromatic rings. The van der Waals surface area contributed by atoms with E-state index < -0.39 is 6.04 Å². The van der Waals surface area contributed by atoms with Crippen molar-refractivity contribution in [2.24, 2.45) is 0 Å². The first-order valence-electron chi connectivity index (χ1n) is 10.3. The summed E-state index contributed by atoms with van der Waals surface area (Å²) in [6.45, 7) is 8.54. The number of benzene rings is 2. The van der Waals surface area contributed by atoms with Crippen LogP contribution in [0.25, 0.3) is 0 Å². The van der Waals surface area contributed by atoms with Gasteiger partial charge in [0.15, 0.2) is 6.61 Å². The summed E-state index contributed by atoms with van der Waals surface area (Å²) in [6.07, 6.45) is 1.89. The Balaban J connectivity index is 2.12. The summed E-state index contributed by atoms with van der Waals surface area (Å²) in [6, 6.07) is 12.5. The molecule has 2 rings (SSSR count). The largest absolute Gasteiger partial charge is 0.484 e. The molecule has 1 N–H and O–H groups in total. The molecule has 0 saturated heterocycles. The number of halogens is 1. The van der Waals surface area contributed by atoms with Gasteiger partial charge in [-0.25, -0.2) is 0 Å². The number of hydrogen-bond donors (Lipinski definition) is 1. The number of hydrogen-bond acceptors (Lipinski definition) is 3. The summed E-state index contributed by atoms with van der Waals surface area (Å²) in [5.41, 5.74) is 3.03. The van der Waals surface area contributed by atoms with Gasteiger partial charge in [-0.2, -0.15) is 0 Å². The summed E-state index contributed by atoms with van der Waals surface area (Å²) < 4.78 is 5.75. The fourth-order valence-corrected chi connectivity index (χ4v) is 3.28. The van der Waals surface area contributed by atoms with Crippen molar-refractivity contribution in [3.8, 4) is 5.75 Å². The molecule has 0 bridgehead atoms. The van der Waals surface area contributed by atoms with Gasteiger partial charge in [0.1, 0.15) is 11.8 Å². The molecule has 0 saturated carbocycles. The van der Waals surface area contributed by atoms with Crippen molar-refractivity contribution >= 4 is 23.4 Å². The molecular weight excluding hydrogens is 400 g/mol. The van der Waals surface area contributed by atoms with Crippen molar-refractivity contribution in [1.29, 1.82) is 0 Å². The third kappa shape index (κ3) is 7.38. The lowest BCUT2D eigenvalue weighted by molar-refractivity contribution is -0.142. The number of amides is 2. The second-order valence-corrected chi connectivity index (χ2v) is 8.02. The van der Waals surface area contributed by atoms with Crippen LogP contribution in [0.1, 0.15) is 43.4 Å². The van der Waals surface area contributed by atoms with Crippen LogP contribution in [0, 0.1) is 13.8 Å². The minimum Gasteiger partial charge on any atom is -0.484 e. The summed E-state index contributed by atoms with van der Waals surface area (Å²) in [4.78, 5) is 27.2. The molecule has 0 aliphatic carbocycles. The molecule has 5 nitrogen and oxygen atoms in total. The summed E-state index contributed by atoms with van der Waals surface area (Å²) in [5, 5.41) is 3.53. The summed E-state index contributed by atoms with van der Waals surface area (Å²) in [7, 11) is 0. The number of nitrogens with zero attached hydrogens (tertiary/aromatic N) is 1. The Morgan fingerprint density at radius 3 is 2.33 bits per heavy atom. The molecule has 6 heteroatoms. The second kappa shape index (κ2) is 11.6. The van der Waals surface area contributed by atoms with Crippen LogP contribution in [0.4, 0.5) is 0 Å². The number of rotatable bonds is 10. The molecule has 0 radical (unpaired) electrons. The van der Waals surface area contributed by atoms with E-state index in [9.17, 15) is 9.59 Å². The molecular formula is C24H31ClN2O3. The third-order valence-corrected chi connectivity index (χ3v) is 5.07. The Morgan fingerprint density at radius 1 is 1.10 bits per heavy atom. The summed E-state index contributed by atoms with van der Waals surface area (Å²) in [5.74, 6) is 0.228. The predicted molar refractivity (Wildman–Crippen MR) is 121 cm³/mol. The van der Waals surface area contributed by atoms with Gasteiger partial charge in [0.2, 0.25) is 5.91 Å². The van der Waals surface area contributed by atoms with Gasteiger partial charge in [0.25, 0.3) is 5.91 Å². The van der Waals surface area contributed by atoms with E-state index in [4.69, 9.17) is 16.3 Å². The molecule has 1 atom stereocenters. The Kier molecular flexibility index (Phi) is 9.18. The molecule has 2 aromatic carbocycles. The zero-order chi connectivity index (χ0) is 22.1. The fraction of sp³-hybridized carbons (Fsp3) is 0.417. The summed E-state index contributed by atoms with van der Waals surface area (Å²) >= 11 is 5.97. The van der Waals surface area contributed by atoms with Crippen LogP contribution in [0.3, 0.4) is 0 Å². The molecule has 1 unspecified atom stereocenters. The number of carbonyl (C=O) groups excluding carboxylic acids is 2. The number of carbonyl (C=O) groups is 2. The van der Waals surface area contributed by atoms with Gasteiger partial charge < -0.3 is 15.0 Å². The quantitative estimate of drug-likeness (QED) is 0.557. The molecule has 0 aromatic heterocycles. The van der Waals surface area contributed by atoms with Crippen molar-refractivity contribution in [2.45, 2.75) is 53.1 Å². The van der Waals surface area contributed by atoms with Crippen molar-refractivity contribution in [3.05, 3.63) is 64.2 Å². The third-order valence-electron chi connectivity index (χ3n) is 4.82. The molecule has 2 amide bonds. The molecule has 0 aliphatic heterocycles. The van der Waals surface area contributed by atoms with Gasteiger partial charge in [-0.3, -0.25) is 9.59 Å². The molecule has 0 spiro atoms. The van der Waals surface area contributed by atoms with E-state index >= 15 is 0 Å². The van der Waals surface area contributed by atoms with Crippen LogP contribution in [0.5, 0.6) is 5.75 Å². The normalized spacial score (nSPS) is 11.6. The maximum atomic E-state index is 13.0. The van der Waals surface area contributed by atoms with Crippen molar-refractivity contribution in [1.82, 2.24) is 10.2 Å². The highest BCUT2D eigenvalue weighted by atomic mass is 35.5. The number of nitrogens with one attached hydrogen (secondary N) is 1. The average molecular weight is 431 g/mol. The lowest BCUT2D eigenvalue weighted by atomic mass is 10.1. The molecule has 0 aliphatic rings. The SMILES string of the molecule is CCCCNC(=O)C(C)N(Cc1ccc(Cl)cc1)C(=O)COc1cc(C)cc(C)c1. The lowest BCUT2D eigenvalue weighted by Gasteiger charge is -2.29. The highest BCUT2D eigenvalue weighted by Crippen LogP contribution is 2.18. The zero-order valence-electron chi connectivity index (χ0n) is 18.2. The van der Waals surface area contributed by atoms with Crippen molar-refractivity contribution in [3.63, 3.8) is 0 Å². The lowest BCUT2D eigenvalue weighted by Crippen LogP contribution is -2.49. The van der Waals surface area contributed by atoms with Gasteiger partial charge in [-0.05, 0) is 68.1 Å². The maximum absolute atomic E-state index is 13.0. The Hall–Kier alpha value is -2.53. The minimum absolute atomic E-state index is 0.136. The topological polar surface area (TPSA) is 58.6 Å². The standard InChI is InChI=1S/C24H31ClN2O3/c1-5-6-11-26-24(29)19(4)27(15-20-7-9-21(25)10-8-20)23(28)16-30-22-13-17(2)12-18(3)14-22/h7-10,12-14,19H,5-6,11,15-16H2,1-4H3,(H,26,29). The van der Waals surface area contributed by atoms with Crippen LogP contribution in [0.15, 0.2) is 42.5 Å². The first-order valence-corrected chi connectivity index (χ1v) is 10.7. The van der Waals surface area contributed by atoms with Crippen molar-refractivity contribution in [2.75, 3.05) is 13.2 Å². The Labute approximate surface area is 184 Å². The van der Waals surface area contributed by atoms with E-state index in [0.717, 1.165) is 29.5 Å². The van der Waals surface area contributed by atoms with Gasteiger partial charge in [0.05, 0.1) is 0 Å². The first-order chi connectivity index (χ1) is 14.3. The van der Waals surface area contributed by atoms with Crippen LogP contribution in [-0.4, -0.2) is 35.9 Å². The highest BCUT2D eigenvalue weighted by molar-refractivity contribution is 6.30. The van der Waals surface area contributed by atoms with E-state index in [1.54, 1.807) is 24.0 Å². The Morgan fingerprint density at radius 2 is 1.73 bits per heavy atom. The maximum Gasteiger partial charge on any atom is 0.261 e. The van der Waals surface area contributed by atoms with E-state index in [1.807, 2.05) is 44.2 Å². The smallest absolute Gasteiger partial charge is 0.261 e. The molecule has 0 heterocycles. The van der Waals surface area contributed by atoms with E-state index in [0.29, 0.717) is 23.9 Å². The first kappa shape index (κ1) is 23.7. The monoisotopic (exact) mass is 430 g/mol. The van der Waals surface area contributed by atoms with Crippen LogP contribution < -0.4 is 10.1 Å². The van der Waals surface area contributed by atoms with Gasteiger partial charge in [0, 0.05) is 18.1 Å². The number of ether oxygens (including phenoxy) is 1. The number of unbranched alkanes of at least 4 members (excludes halogenated alkanes) is 1. The molecule has 0 fully saturated rings. The van der Waals surface area contributed by atoms with Crippen LogP contribution in [0.2, 0.25) is 5.02 Å². The Bertz CT molecular complexity index is 832. The van der Waals surface area contributed by atoms with Gasteiger partial charge >= 0.3 is 0 Å². The van der Waals surface area contributed by atoms with Crippen LogP contribution >= 0.6 is 11.6 Å². The molecule has 30 heavy (non-hydrogen) atoms.